The van der Waals surface area contributed by atoms with Crippen molar-refractivity contribution in [3.05, 3.63) is 41.3 Å². The predicted octanol–water partition coefficient (Wildman–Crippen LogP) is 1.94. The number of hydrogen-bond donors (Lipinski definition) is 1. The number of alkyl halides is 2. The molecular formula is C14H14F2N2O5S. The molecule has 0 aliphatic rings. The first-order valence-corrected chi connectivity index (χ1v) is 8.19. The molecule has 7 nitrogen and oxygen atoms in total. The number of amides is 1. The van der Waals surface area contributed by atoms with E-state index in [1.807, 2.05) is 4.72 Å². The molecule has 10 heteroatoms. The van der Waals surface area contributed by atoms with Crippen molar-refractivity contribution in [2.45, 2.75) is 31.8 Å². The van der Waals surface area contributed by atoms with E-state index in [4.69, 9.17) is 4.52 Å². The predicted molar refractivity (Wildman–Crippen MR) is 78.1 cm³/mol. The number of rotatable bonds is 6. The van der Waals surface area contributed by atoms with Gasteiger partial charge in [-0.1, -0.05) is 17.3 Å². The number of hydrogen-bond acceptors (Lipinski definition) is 6. The molecule has 0 saturated carbocycles. The number of benzene rings is 1. The van der Waals surface area contributed by atoms with Crippen molar-refractivity contribution in [3.63, 3.8) is 0 Å². The Hall–Kier alpha value is -2.49. The summed E-state index contributed by atoms with van der Waals surface area (Å²) in [5.41, 5.74) is 0.573. The second kappa shape index (κ2) is 6.95. The quantitative estimate of drug-likeness (QED) is 0.845. The van der Waals surface area contributed by atoms with Crippen LogP contribution >= 0.6 is 0 Å². The Bertz CT molecular complexity index is 812. The number of carbonyl (C=O) groups excluding carboxylic acids is 1. The van der Waals surface area contributed by atoms with Gasteiger partial charge in [0.25, 0.3) is 10.0 Å². The van der Waals surface area contributed by atoms with E-state index >= 15 is 0 Å². The van der Waals surface area contributed by atoms with Gasteiger partial charge >= 0.3 is 6.61 Å². The number of halogens is 2. The maximum Gasteiger partial charge on any atom is 0.387 e. The van der Waals surface area contributed by atoms with Gasteiger partial charge in [0.2, 0.25) is 5.91 Å². The highest BCUT2D eigenvalue weighted by Gasteiger charge is 2.26. The van der Waals surface area contributed by atoms with Crippen LogP contribution in [0.3, 0.4) is 0 Å². The Morgan fingerprint density at radius 3 is 2.42 bits per heavy atom. The second-order valence-electron chi connectivity index (χ2n) is 4.88. The van der Waals surface area contributed by atoms with E-state index in [1.54, 1.807) is 0 Å². The van der Waals surface area contributed by atoms with Crippen molar-refractivity contribution in [1.29, 1.82) is 0 Å². The second-order valence-corrected chi connectivity index (χ2v) is 6.50. The fourth-order valence-corrected chi connectivity index (χ4v) is 3.39. The molecule has 0 bridgehead atoms. The molecule has 1 aromatic heterocycles. The monoisotopic (exact) mass is 360 g/mol. The lowest BCUT2D eigenvalue weighted by Crippen LogP contribution is -2.32. The average Bonchev–Trinajstić information content (AvgIpc) is 2.79. The van der Waals surface area contributed by atoms with Crippen LogP contribution in [0.25, 0.3) is 0 Å². The first kappa shape index (κ1) is 17.9. The Morgan fingerprint density at radius 1 is 1.29 bits per heavy atom. The molecule has 2 aromatic rings. The van der Waals surface area contributed by atoms with Gasteiger partial charge < -0.3 is 9.26 Å². The number of ether oxygens (including phenoxy) is 1. The standard InChI is InChI=1S/C14H14F2N2O5S/c1-8-13(9(2)23-17-8)24(20,21)18-12(19)7-10-3-5-11(6-4-10)22-14(15)16/h3-6,14H,7H2,1-2H3,(H,18,19). The highest BCUT2D eigenvalue weighted by Crippen LogP contribution is 2.19. The lowest BCUT2D eigenvalue weighted by molar-refractivity contribution is -0.118. The molecular weight excluding hydrogens is 346 g/mol. The van der Waals surface area contributed by atoms with Crippen molar-refractivity contribution >= 4 is 15.9 Å². The van der Waals surface area contributed by atoms with Crippen molar-refractivity contribution in [3.8, 4) is 5.75 Å². The van der Waals surface area contributed by atoms with Crippen molar-refractivity contribution in [2.75, 3.05) is 0 Å². The van der Waals surface area contributed by atoms with Crippen LogP contribution in [0.1, 0.15) is 17.0 Å². The number of carbonyl (C=O) groups is 1. The summed E-state index contributed by atoms with van der Waals surface area (Å²) in [7, 11) is -4.10. The fraction of sp³-hybridized carbons (Fsp3) is 0.286. The van der Waals surface area contributed by atoms with Crippen LogP contribution in [0, 0.1) is 13.8 Å². The van der Waals surface area contributed by atoms with Gasteiger partial charge in [0, 0.05) is 0 Å². The molecule has 24 heavy (non-hydrogen) atoms. The number of aryl methyl sites for hydroxylation is 2. The Kier molecular flexibility index (Phi) is 5.17. The minimum atomic E-state index is -4.10. The zero-order valence-electron chi connectivity index (χ0n) is 12.7. The third-order valence-electron chi connectivity index (χ3n) is 3.00. The van der Waals surface area contributed by atoms with Crippen LogP contribution in [-0.4, -0.2) is 26.1 Å². The highest BCUT2D eigenvalue weighted by atomic mass is 32.2. The Balaban J connectivity index is 2.05. The topological polar surface area (TPSA) is 98.5 Å². The first-order chi connectivity index (χ1) is 11.2. The van der Waals surface area contributed by atoms with Crippen LogP contribution in [-0.2, 0) is 21.2 Å². The van der Waals surface area contributed by atoms with E-state index in [2.05, 4.69) is 9.89 Å². The van der Waals surface area contributed by atoms with Crippen LogP contribution in [0.5, 0.6) is 5.75 Å². The van der Waals surface area contributed by atoms with Gasteiger partial charge in [-0.2, -0.15) is 8.78 Å². The number of sulfonamides is 1. The zero-order chi connectivity index (χ0) is 17.9. The molecule has 0 spiro atoms. The maximum absolute atomic E-state index is 12.2. The van der Waals surface area contributed by atoms with E-state index < -0.39 is 22.5 Å². The van der Waals surface area contributed by atoms with Crippen LogP contribution < -0.4 is 9.46 Å². The Morgan fingerprint density at radius 2 is 1.92 bits per heavy atom. The third-order valence-corrected chi connectivity index (χ3v) is 4.61. The summed E-state index contributed by atoms with van der Waals surface area (Å²) in [5.74, 6) is -0.767. The summed E-state index contributed by atoms with van der Waals surface area (Å²) in [5, 5.41) is 3.53. The van der Waals surface area contributed by atoms with E-state index in [9.17, 15) is 22.0 Å². The van der Waals surface area contributed by atoms with Gasteiger partial charge in [-0.05, 0) is 31.5 Å². The van der Waals surface area contributed by atoms with Gasteiger partial charge in [-0.3, -0.25) is 4.79 Å². The molecule has 0 unspecified atom stereocenters. The lowest BCUT2D eigenvalue weighted by Gasteiger charge is -2.07. The van der Waals surface area contributed by atoms with Gasteiger partial charge in [0.15, 0.2) is 10.7 Å². The van der Waals surface area contributed by atoms with Gasteiger partial charge in [0.1, 0.15) is 11.4 Å². The van der Waals surface area contributed by atoms with Crippen molar-refractivity contribution in [1.82, 2.24) is 9.88 Å². The number of nitrogens with one attached hydrogen (secondary N) is 1. The smallest absolute Gasteiger partial charge is 0.387 e. The van der Waals surface area contributed by atoms with E-state index in [-0.39, 0.29) is 28.5 Å². The molecule has 0 saturated heterocycles. The van der Waals surface area contributed by atoms with Crippen LogP contribution in [0.4, 0.5) is 8.78 Å². The van der Waals surface area contributed by atoms with E-state index in [0.717, 1.165) is 0 Å². The molecule has 1 amide bonds. The summed E-state index contributed by atoms with van der Waals surface area (Å²) in [6.45, 7) is -0.0859. The summed E-state index contributed by atoms with van der Waals surface area (Å²) in [6, 6.07) is 5.30. The van der Waals surface area contributed by atoms with Gasteiger partial charge in [-0.25, -0.2) is 13.1 Å². The Labute approximate surface area is 136 Å². The lowest BCUT2D eigenvalue weighted by atomic mass is 10.1. The molecule has 1 aromatic carbocycles. The molecule has 0 atom stereocenters. The van der Waals surface area contributed by atoms with Gasteiger partial charge in [0.05, 0.1) is 6.42 Å². The maximum atomic E-state index is 12.2. The molecule has 0 fully saturated rings. The summed E-state index contributed by atoms with van der Waals surface area (Å²) < 4.78 is 59.3. The molecule has 130 valence electrons. The van der Waals surface area contributed by atoms with Gasteiger partial charge in [-0.15, -0.1) is 0 Å². The molecule has 1 N–H and O–H groups in total. The average molecular weight is 360 g/mol. The fourth-order valence-electron chi connectivity index (χ4n) is 2.07. The van der Waals surface area contributed by atoms with E-state index in [0.29, 0.717) is 5.56 Å². The van der Waals surface area contributed by atoms with Crippen molar-refractivity contribution < 1.29 is 31.3 Å². The number of nitrogens with zero attached hydrogens (tertiary/aromatic N) is 1. The molecule has 0 aliphatic carbocycles. The largest absolute Gasteiger partial charge is 0.435 e. The normalized spacial score (nSPS) is 11.5. The van der Waals surface area contributed by atoms with Crippen LogP contribution in [0.2, 0.25) is 0 Å². The van der Waals surface area contributed by atoms with E-state index in [1.165, 1.54) is 38.1 Å². The number of aromatic nitrogens is 1. The summed E-state index contributed by atoms with van der Waals surface area (Å²) in [4.78, 5) is 11.7. The first-order valence-electron chi connectivity index (χ1n) is 6.71. The molecule has 0 radical (unpaired) electrons. The molecule has 2 rings (SSSR count). The third kappa shape index (κ3) is 4.28. The SMILES string of the molecule is Cc1noc(C)c1S(=O)(=O)NC(=O)Cc1ccc(OC(F)F)cc1. The minimum Gasteiger partial charge on any atom is -0.435 e. The molecule has 0 aliphatic heterocycles. The minimum absolute atomic E-state index is 0.0579. The van der Waals surface area contributed by atoms with Crippen molar-refractivity contribution in [2.24, 2.45) is 0 Å². The summed E-state index contributed by atoms with van der Waals surface area (Å²) >= 11 is 0. The van der Waals surface area contributed by atoms with Crippen LogP contribution in [0.15, 0.2) is 33.7 Å². The summed E-state index contributed by atoms with van der Waals surface area (Å²) in [6.07, 6.45) is -0.252. The highest BCUT2D eigenvalue weighted by molar-refractivity contribution is 7.90. The molecule has 1 heterocycles. The zero-order valence-corrected chi connectivity index (χ0v) is 13.6.